The average molecular weight is 396 g/mol. The quantitative estimate of drug-likeness (QED) is 0.667. The summed E-state index contributed by atoms with van der Waals surface area (Å²) in [6, 6.07) is 7.44. The molecule has 0 N–H and O–H groups in total. The van der Waals surface area contributed by atoms with E-state index in [4.69, 9.17) is 4.74 Å². The highest BCUT2D eigenvalue weighted by molar-refractivity contribution is 7.89. The van der Waals surface area contributed by atoms with E-state index in [1.165, 1.54) is 54.6 Å². The van der Waals surface area contributed by atoms with Gasteiger partial charge in [-0.2, -0.15) is 11.3 Å². The standard InChI is InChI=1S/C17H20N2O5S2/c1-18(2)26(22,23)15-6-4-5-14(9-15)17(21)24-11-16(20)19(3)10-13-7-8-25-12-13/h4-9,12H,10-11H2,1-3H3. The first-order valence-corrected chi connectivity index (χ1v) is 10.0. The normalized spacial score (nSPS) is 11.4. The molecule has 0 spiro atoms. The van der Waals surface area contributed by atoms with Crippen LogP contribution in [0.1, 0.15) is 15.9 Å². The number of ether oxygens (including phenoxy) is 1. The first-order valence-electron chi connectivity index (χ1n) is 7.66. The van der Waals surface area contributed by atoms with Crippen LogP contribution in [0.3, 0.4) is 0 Å². The molecule has 0 unspecified atom stereocenters. The lowest BCUT2D eigenvalue weighted by molar-refractivity contribution is -0.133. The molecule has 7 nitrogen and oxygen atoms in total. The maximum Gasteiger partial charge on any atom is 0.338 e. The third-order valence-corrected chi connectivity index (χ3v) is 6.14. The molecule has 2 aromatic rings. The number of hydrogen-bond donors (Lipinski definition) is 0. The Bertz CT molecular complexity index is 876. The smallest absolute Gasteiger partial charge is 0.338 e. The zero-order chi connectivity index (χ0) is 19.3. The highest BCUT2D eigenvalue weighted by Gasteiger charge is 2.20. The summed E-state index contributed by atoms with van der Waals surface area (Å²) in [7, 11) is 0.778. The molecular weight excluding hydrogens is 376 g/mol. The second-order valence-corrected chi connectivity index (χ2v) is 8.70. The number of hydrogen-bond acceptors (Lipinski definition) is 6. The van der Waals surface area contributed by atoms with Crippen molar-refractivity contribution in [3.63, 3.8) is 0 Å². The largest absolute Gasteiger partial charge is 0.452 e. The van der Waals surface area contributed by atoms with Gasteiger partial charge in [0.05, 0.1) is 10.5 Å². The topological polar surface area (TPSA) is 84.0 Å². The van der Waals surface area contributed by atoms with Crippen molar-refractivity contribution in [2.24, 2.45) is 0 Å². The van der Waals surface area contributed by atoms with Gasteiger partial charge < -0.3 is 9.64 Å². The van der Waals surface area contributed by atoms with Gasteiger partial charge in [0, 0.05) is 27.7 Å². The van der Waals surface area contributed by atoms with Gasteiger partial charge in [0.2, 0.25) is 10.0 Å². The molecule has 0 aliphatic rings. The van der Waals surface area contributed by atoms with Crippen molar-refractivity contribution >= 4 is 33.2 Å². The number of esters is 1. The van der Waals surface area contributed by atoms with Crippen LogP contribution in [-0.4, -0.2) is 57.2 Å². The minimum Gasteiger partial charge on any atom is -0.452 e. The average Bonchev–Trinajstić information content (AvgIpc) is 3.12. The van der Waals surface area contributed by atoms with Gasteiger partial charge in [0.25, 0.3) is 5.91 Å². The predicted molar refractivity (Wildman–Crippen MR) is 98.4 cm³/mol. The third kappa shape index (κ3) is 4.90. The number of sulfonamides is 1. The summed E-state index contributed by atoms with van der Waals surface area (Å²) in [5.74, 6) is -1.10. The molecular formula is C17H20N2O5S2. The van der Waals surface area contributed by atoms with Crippen molar-refractivity contribution in [3.05, 3.63) is 52.2 Å². The molecule has 1 aromatic carbocycles. The Kier molecular flexibility index (Phi) is 6.52. The van der Waals surface area contributed by atoms with Crippen LogP contribution in [0.2, 0.25) is 0 Å². The summed E-state index contributed by atoms with van der Waals surface area (Å²) in [5, 5.41) is 3.86. The van der Waals surface area contributed by atoms with Gasteiger partial charge in [-0.25, -0.2) is 17.5 Å². The third-order valence-electron chi connectivity index (χ3n) is 3.60. The number of nitrogens with zero attached hydrogens (tertiary/aromatic N) is 2. The zero-order valence-electron chi connectivity index (χ0n) is 14.7. The summed E-state index contributed by atoms with van der Waals surface area (Å²) in [5.41, 5.74) is 1.07. The van der Waals surface area contributed by atoms with Crippen LogP contribution in [-0.2, 0) is 26.1 Å². The van der Waals surface area contributed by atoms with Crippen LogP contribution in [0.15, 0.2) is 46.0 Å². The summed E-state index contributed by atoms with van der Waals surface area (Å²) in [6.07, 6.45) is 0. The molecule has 0 aliphatic heterocycles. The Morgan fingerprint density at radius 2 is 1.88 bits per heavy atom. The number of rotatable bonds is 7. The van der Waals surface area contributed by atoms with E-state index < -0.39 is 22.6 Å². The van der Waals surface area contributed by atoms with Crippen molar-refractivity contribution in [3.8, 4) is 0 Å². The van der Waals surface area contributed by atoms with Crippen molar-refractivity contribution in [1.82, 2.24) is 9.21 Å². The molecule has 1 aromatic heterocycles. The molecule has 0 saturated carbocycles. The monoisotopic (exact) mass is 396 g/mol. The number of thiophene rings is 1. The molecule has 2 rings (SSSR count). The van der Waals surface area contributed by atoms with Gasteiger partial charge in [-0.1, -0.05) is 6.07 Å². The van der Waals surface area contributed by atoms with Gasteiger partial charge in [-0.3, -0.25) is 4.79 Å². The van der Waals surface area contributed by atoms with E-state index >= 15 is 0 Å². The molecule has 0 saturated heterocycles. The second-order valence-electron chi connectivity index (χ2n) is 5.77. The minimum atomic E-state index is -3.66. The van der Waals surface area contributed by atoms with E-state index in [9.17, 15) is 18.0 Å². The van der Waals surface area contributed by atoms with Crippen LogP contribution in [0.4, 0.5) is 0 Å². The van der Waals surface area contributed by atoms with Crippen LogP contribution in [0.5, 0.6) is 0 Å². The summed E-state index contributed by atoms with van der Waals surface area (Å²) < 4.78 is 30.3. The molecule has 1 amide bonds. The summed E-state index contributed by atoms with van der Waals surface area (Å²) in [4.78, 5) is 25.7. The molecule has 9 heteroatoms. The van der Waals surface area contributed by atoms with E-state index in [-0.39, 0.29) is 16.4 Å². The fraction of sp³-hybridized carbons (Fsp3) is 0.294. The van der Waals surface area contributed by atoms with E-state index in [0.717, 1.165) is 9.87 Å². The van der Waals surface area contributed by atoms with Gasteiger partial charge in [0.1, 0.15) is 0 Å². The summed E-state index contributed by atoms with van der Waals surface area (Å²) >= 11 is 1.54. The maximum atomic E-state index is 12.1. The Balaban J connectivity index is 1.98. The van der Waals surface area contributed by atoms with E-state index in [1.807, 2.05) is 16.8 Å². The Labute approximate surface area is 156 Å². The second kappa shape index (κ2) is 8.43. The molecule has 26 heavy (non-hydrogen) atoms. The maximum absolute atomic E-state index is 12.1. The molecule has 0 atom stereocenters. The number of benzene rings is 1. The highest BCUT2D eigenvalue weighted by Crippen LogP contribution is 2.15. The van der Waals surface area contributed by atoms with Crippen LogP contribution in [0, 0.1) is 0 Å². The van der Waals surface area contributed by atoms with E-state index in [0.29, 0.717) is 6.54 Å². The molecule has 0 fully saturated rings. The first kappa shape index (κ1) is 20.1. The number of carbonyl (C=O) groups is 2. The van der Waals surface area contributed by atoms with Gasteiger partial charge >= 0.3 is 5.97 Å². The highest BCUT2D eigenvalue weighted by atomic mass is 32.2. The van der Waals surface area contributed by atoms with Crippen LogP contribution < -0.4 is 0 Å². The fourth-order valence-electron chi connectivity index (χ4n) is 2.06. The molecule has 140 valence electrons. The van der Waals surface area contributed by atoms with Crippen LogP contribution >= 0.6 is 11.3 Å². The van der Waals surface area contributed by atoms with Gasteiger partial charge in [0.15, 0.2) is 6.61 Å². The van der Waals surface area contributed by atoms with Gasteiger partial charge in [-0.05, 0) is 40.6 Å². The zero-order valence-corrected chi connectivity index (χ0v) is 16.3. The fourth-order valence-corrected chi connectivity index (χ4v) is 3.67. The van der Waals surface area contributed by atoms with Crippen LogP contribution in [0.25, 0.3) is 0 Å². The number of likely N-dealkylation sites (N-methyl/N-ethyl adjacent to an activating group) is 1. The SMILES string of the molecule is CN(Cc1ccsc1)C(=O)COC(=O)c1cccc(S(=O)(=O)N(C)C)c1. The van der Waals surface area contributed by atoms with Crippen molar-refractivity contribution in [1.29, 1.82) is 0 Å². The van der Waals surface area contributed by atoms with E-state index in [1.54, 1.807) is 7.05 Å². The first-order chi connectivity index (χ1) is 12.2. The van der Waals surface area contributed by atoms with Gasteiger partial charge in [-0.15, -0.1) is 0 Å². The molecule has 0 bridgehead atoms. The lowest BCUT2D eigenvalue weighted by atomic mass is 10.2. The predicted octanol–water partition coefficient (Wildman–Crippen LogP) is 1.81. The number of carbonyl (C=O) groups excluding carboxylic acids is 2. The Hall–Kier alpha value is -2.23. The molecule has 0 aliphatic carbocycles. The van der Waals surface area contributed by atoms with Crippen molar-refractivity contribution < 1.29 is 22.7 Å². The Morgan fingerprint density at radius 3 is 2.50 bits per heavy atom. The minimum absolute atomic E-state index is 0.0159. The van der Waals surface area contributed by atoms with Crippen molar-refractivity contribution in [2.45, 2.75) is 11.4 Å². The number of amides is 1. The lowest BCUT2D eigenvalue weighted by Gasteiger charge is -2.16. The Morgan fingerprint density at radius 1 is 1.15 bits per heavy atom. The molecule has 1 heterocycles. The molecule has 0 radical (unpaired) electrons. The summed E-state index contributed by atoms with van der Waals surface area (Å²) in [6.45, 7) is 0.0145. The van der Waals surface area contributed by atoms with Crippen molar-refractivity contribution in [2.75, 3.05) is 27.7 Å². The van der Waals surface area contributed by atoms with E-state index in [2.05, 4.69) is 0 Å². The lowest BCUT2D eigenvalue weighted by Crippen LogP contribution is -2.30.